The molecule has 0 bridgehead atoms. The van der Waals surface area contributed by atoms with E-state index in [0.717, 1.165) is 5.82 Å². The first-order valence-electron chi connectivity index (χ1n) is 6.17. The van der Waals surface area contributed by atoms with Crippen molar-refractivity contribution in [3.05, 3.63) is 34.1 Å². The van der Waals surface area contributed by atoms with Crippen LogP contribution in [0.15, 0.2) is 23.4 Å². The summed E-state index contributed by atoms with van der Waals surface area (Å²) < 4.78 is 1.83. The van der Waals surface area contributed by atoms with Gasteiger partial charge in [-0.05, 0) is 32.0 Å². The Morgan fingerprint density at radius 2 is 2.10 bits per heavy atom. The fourth-order valence-electron chi connectivity index (χ4n) is 1.53. The molecule has 0 aliphatic rings. The Kier molecular flexibility index (Phi) is 5.13. The number of aromatic nitrogens is 3. The second-order valence-corrected chi connectivity index (χ2v) is 6.61. The Labute approximate surface area is 137 Å². The van der Waals surface area contributed by atoms with Crippen LogP contribution < -0.4 is 5.32 Å². The Balaban J connectivity index is 2.06. The third kappa shape index (κ3) is 3.90. The predicted octanol–water partition coefficient (Wildman–Crippen LogP) is 3.55. The Morgan fingerprint density at radius 1 is 1.38 bits per heavy atom. The Morgan fingerprint density at radius 3 is 2.71 bits per heavy atom. The largest absolute Gasteiger partial charge is 0.324 e. The summed E-state index contributed by atoms with van der Waals surface area (Å²) in [5.74, 6) is 0.618. The van der Waals surface area contributed by atoms with Crippen molar-refractivity contribution in [2.75, 3.05) is 5.32 Å². The average Bonchev–Trinajstić information content (AvgIpc) is 2.74. The summed E-state index contributed by atoms with van der Waals surface area (Å²) in [5.41, 5.74) is 0.496. The molecule has 0 saturated carbocycles. The maximum atomic E-state index is 12.2. The third-order valence-electron chi connectivity index (χ3n) is 2.89. The lowest BCUT2D eigenvalue weighted by atomic mass is 10.3. The van der Waals surface area contributed by atoms with Gasteiger partial charge in [0.05, 0.1) is 16.0 Å². The van der Waals surface area contributed by atoms with Crippen LogP contribution in [0.2, 0.25) is 10.0 Å². The zero-order valence-corrected chi connectivity index (χ0v) is 14.1. The van der Waals surface area contributed by atoms with Gasteiger partial charge in [-0.15, -0.1) is 10.2 Å². The van der Waals surface area contributed by atoms with E-state index in [4.69, 9.17) is 23.2 Å². The predicted molar refractivity (Wildman–Crippen MR) is 86.2 cm³/mol. The van der Waals surface area contributed by atoms with Crippen LogP contribution >= 0.6 is 35.0 Å². The van der Waals surface area contributed by atoms with Gasteiger partial charge in [-0.1, -0.05) is 35.0 Å². The van der Waals surface area contributed by atoms with Gasteiger partial charge in [0.15, 0.2) is 5.16 Å². The number of nitrogens with zero attached hydrogens (tertiary/aromatic N) is 3. The minimum atomic E-state index is -0.345. The molecule has 1 N–H and O–H groups in total. The van der Waals surface area contributed by atoms with Gasteiger partial charge < -0.3 is 9.88 Å². The van der Waals surface area contributed by atoms with Crippen molar-refractivity contribution in [2.24, 2.45) is 7.05 Å². The van der Waals surface area contributed by atoms with Crippen molar-refractivity contribution < 1.29 is 4.79 Å². The summed E-state index contributed by atoms with van der Waals surface area (Å²) in [6.45, 7) is 3.65. The molecule has 1 aromatic carbocycles. The summed E-state index contributed by atoms with van der Waals surface area (Å²) in [7, 11) is 1.86. The van der Waals surface area contributed by atoms with E-state index in [1.165, 1.54) is 11.8 Å². The molecule has 112 valence electrons. The highest BCUT2D eigenvalue weighted by atomic mass is 35.5. The molecule has 0 aliphatic carbocycles. The maximum absolute atomic E-state index is 12.2. The van der Waals surface area contributed by atoms with Crippen molar-refractivity contribution in [1.29, 1.82) is 0 Å². The lowest BCUT2D eigenvalue weighted by Gasteiger charge is -2.12. The lowest BCUT2D eigenvalue weighted by molar-refractivity contribution is -0.115. The van der Waals surface area contributed by atoms with Crippen LogP contribution in [0.4, 0.5) is 5.69 Å². The van der Waals surface area contributed by atoms with E-state index in [9.17, 15) is 4.79 Å². The number of amides is 1. The summed E-state index contributed by atoms with van der Waals surface area (Å²) in [6.07, 6.45) is 0. The molecule has 1 aromatic heterocycles. The van der Waals surface area contributed by atoms with Gasteiger partial charge >= 0.3 is 0 Å². The number of aryl methyl sites for hydroxylation is 1. The molecule has 0 aliphatic heterocycles. The molecule has 0 saturated heterocycles. The summed E-state index contributed by atoms with van der Waals surface area (Å²) in [4.78, 5) is 12.2. The molecular formula is C13H14Cl2N4OS. The number of carbonyl (C=O) groups excluding carboxylic acids is 1. The van der Waals surface area contributed by atoms with Crippen molar-refractivity contribution in [1.82, 2.24) is 14.8 Å². The van der Waals surface area contributed by atoms with Gasteiger partial charge in [-0.2, -0.15) is 0 Å². The first-order chi connectivity index (χ1) is 9.88. The van der Waals surface area contributed by atoms with Crippen molar-refractivity contribution in [3.8, 4) is 0 Å². The molecule has 5 nitrogen and oxygen atoms in total. The van der Waals surface area contributed by atoms with Gasteiger partial charge in [-0.3, -0.25) is 4.79 Å². The fraction of sp³-hybridized carbons (Fsp3) is 0.308. The zero-order chi connectivity index (χ0) is 15.6. The minimum absolute atomic E-state index is 0.176. The van der Waals surface area contributed by atoms with E-state index in [-0.39, 0.29) is 11.2 Å². The monoisotopic (exact) mass is 344 g/mol. The van der Waals surface area contributed by atoms with Crippen LogP contribution in [-0.2, 0) is 11.8 Å². The summed E-state index contributed by atoms with van der Waals surface area (Å²) >= 11 is 13.3. The molecule has 0 fully saturated rings. The highest BCUT2D eigenvalue weighted by Crippen LogP contribution is 2.27. The van der Waals surface area contributed by atoms with Crippen LogP contribution in [-0.4, -0.2) is 25.9 Å². The standard InChI is InChI=1S/C13H14Cl2N4OS/c1-7(21-13-18-17-8(2)19(13)3)12(20)16-11-6-9(14)4-5-10(11)15/h4-7H,1-3H3,(H,16,20)/t7-/m0/s1. The third-order valence-corrected chi connectivity index (χ3v) is 4.59. The number of thioether (sulfide) groups is 1. The van der Waals surface area contributed by atoms with Gasteiger partial charge in [0, 0.05) is 12.1 Å². The number of nitrogens with one attached hydrogen (secondary N) is 1. The van der Waals surface area contributed by atoms with Crippen molar-refractivity contribution in [3.63, 3.8) is 0 Å². The van der Waals surface area contributed by atoms with Crippen LogP contribution in [0.3, 0.4) is 0 Å². The number of hydrogen-bond acceptors (Lipinski definition) is 4. The number of anilines is 1. The molecule has 1 amide bonds. The molecule has 2 aromatic rings. The number of hydrogen-bond donors (Lipinski definition) is 1. The van der Waals surface area contributed by atoms with E-state index >= 15 is 0 Å². The van der Waals surface area contributed by atoms with Crippen LogP contribution in [0.1, 0.15) is 12.7 Å². The number of rotatable bonds is 4. The van der Waals surface area contributed by atoms with Crippen LogP contribution in [0.25, 0.3) is 0 Å². The van der Waals surface area contributed by atoms with E-state index < -0.39 is 0 Å². The quantitative estimate of drug-likeness (QED) is 0.861. The van der Waals surface area contributed by atoms with E-state index in [1.807, 2.05) is 18.5 Å². The van der Waals surface area contributed by atoms with Gasteiger partial charge in [-0.25, -0.2) is 0 Å². The molecule has 0 unspecified atom stereocenters. The van der Waals surface area contributed by atoms with Crippen molar-refractivity contribution >= 4 is 46.6 Å². The zero-order valence-electron chi connectivity index (χ0n) is 11.7. The molecule has 1 heterocycles. The van der Waals surface area contributed by atoms with E-state index in [2.05, 4.69) is 15.5 Å². The topological polar surface area (TPSA) is 59.8 Å². The van der Waals surface area contributed by atoms with Gasteiger partial charge in [0.1, 0.15) is 5.82 Å². The van der Waals surface area contributed by atoms with Crippen LogP contribution in [0.5, 0.6) is 0 Å². The molecular weight excluding hydrogens is 331 g/mol. The minimum Gasteiger partial charge on any atom is -0.324 e. The van der Waals surface area contributed by atoms with Crippen LogP contribution in [0, 0.1) is 6.92 Å². The van der Waals surface area contributed by atoms with E-state index in [0.29, 0.717) is 20.9 Å². The molecule has 0 spiro atoms. The molecule has 2 rings (SSSR count). The number of benzene rings is 1. The Bertz CT molecular complexity index is 674. The molecule has 0 radical (unpaired) electrons. The second-order valence-electron chi connectivity index (χ2n) is 4.46. The Hall–Kier alpha value is -1.24. The number of carbonyl (C=O) groups is 1. The highest BCUT2D eigenvalue weighted by Gasteiger charge is 2.19. The molecule has 21 heavy (non-hydrogen) atoms. The average molecular weight is 345 g/mol. The molecule has 8 heteroatoms. The summed E-state index contributed by atoms with van der Waals surface area (Å²) in [5, 5.41) is 12.0. The lowest BCUT2D eigenvalue weighted by Crippen LogP contribution is -2.23. The van der Waals surface area contributed by atoms with Gasteiger partial charge in [0.2, 0.25) is 5.91 Å². The fourth-order valence-corrected chi connectivity index (χ4v) is 2.73. The smallest absolute Gasteiger partial charge is 0.237 e. The first-order valence-corrected chi connectivity index (χ1v) is 7.80. The SMILES string of the molecule is Cc1nnc(S[C@@H](C)C(=O)Nc2cc(Cl)ccc2Cl)n1C. The first kappa shape index (κ1) is 16.1. The maximum Gasteiger partial charge on any atom is 0.237 e. The normalized spacial score (nSPS) is 12.2. The number of halogens is 2. The van der Waals surface area contributed by atoms with Gasteiger partial charge in [0.25, 0.3) is 0 Å². The highest BCUT2D eigenvalue weighted by molar-refractivity contribution is 8.00. The molecule has 1 atom stereocenters. The summed E-state index contributed by atoms with van der Waals surface area (Å²) in [6, 6.07) is 4.93. The van der Waals surface area contributed by atoms with Crippen molar-refractivity contribution in [2.45, 2.75) is 24.3 Å². The van der Waals surface area contributed by atoms with E-state index in [1.54, 1.807) is 25.1 Å². The second kappa shape index (κ2) is 6.68.